The zero-order chi connectivity index (χ0) is 19.6. The summed E-state index contributed by atoms with van der Waals surface area (Å²) in [7, 11) is 0. The fourth-order valence-corrected chi connectivity index (χ4v) is 2.79. The zero-order valence-electron chi connectivity index (χ0n) is 16.8. The highest BCUT2D eigenvalue weighted by atomic mass is 14.9. The fourth-order valence-electron chi connectivity index (χ4n) is 2.79. The number of rotatable bonds is 9. The van der Waals surface area contributed by atoms with Crippen LogP contribution >= 0.6 is 0 Å². The van der Waals surface area contributed by atoms with E-state index >= 15 is 0 Å². The molecule has 1 N–H and O–H groups in total. The first-order valence-corrected chi connectivity index (χ1v) is 9.48. The lowest BCUT2D eigenvalue weighted by Crippen LogP contribution is -2.18. The quantitative estimate of drug-likeness (QED) is 0.565. The maximum absolute atomic E-state index is 4.35. The van der Waals surface area contributed by atoms with Crippen molar-refractivity contribution in [2.24, 2.45) is 0 Å². The van der Waals surface area contributed by atoms with Gasteiger partial charge in [0.2, 0.25) is 0 Å². The van der Waals surface area contributed by atoms with Crippen LogP contribution in [0.25, 0.3) is 5.57 Å². The van der Waals surface area contributed by atoms with Crippen molar-refractivity contribution in [1.29, 1.82) is 0 Å². The SMILES string of the molecule is C=C(C)/C(=C/C=C(\C)c1ccc(CC)cc1)C(=C)NCCc1ccccn1. The monoisotopic (exact) mass is 358 g/mol. The second kappa shape index (κ2) is 10.3. The average Bonchev–Trinajstić information content (AvgIpc) is 2.68. The van der Waals surface area contributed by atoms with Crippen LogP contribution < -0.4 is 5.32 Å². The Bertz CT molecular complexity index is 824. The summed E-state index contributed by atoms with van der Waals surface area (Å²) < 4.78 is 0. The molecule has 27 heavy (non-hydrogen) atoms. The minimum atomic E-state index is 0.793. The molecule has 2 heteroatoms. The fraction of sp³-hybridized carbons (Fsp3) is 0.240. The van der Waals surface area contributed by atoms with Gasteiger partial charge < -0.3 is 5.32 Å². The van der Waals surface area contributed by atoms with E-state index in [1.807, 2.05) is 31.3 Å². The van der Waals surface area contributed by atoms with Crippen LogP contribution in [0.3, 0.4) is 0 Å². The maximum Gasteiger partial charge on any atom is 0.0421 e. The standard InChI is InChI=1S/C25H30N2/c1-6-22-11-13-23(14-12-22)20(4)10-15-25(19(2)3)21(5)26-18-16-24-9-7-8-17-27-24/h7-15,17,26H,2,5-6,16,18H2,1,3-4H3/b20-10+,25-15-. The Morgan fingerprint density at radius 2 is 1.78 bits per heavy atom. The van der Waals surface area contributed by atoms with Gasteiger partial charge >= 0.3 is 0 Å². The highest BCUT2D eigenvalue weighted by Gasteiger charge is 2.04. The molecule has 0 saturated carbocycles. The number of aromatic nitrogens is 1. The van der Waals surface area contributed by atoms with Crippen LogP contribution in [0, 0.1) is 0 Å². The van der Waals surface area contributed by atoms with Crippen molar-refractivity contribution in [2.75, 3.05) is 6.54 Å². The minimum absolute atomic E-state index is 0.793. The molecule has 0 aliphatic carbocycles. The largest absolute Gasteiger partial charge is 0.385 e. The van der Waals surface area contributed by atoms with Gasteiger partial charge in [0, 0.05) is 30.6 Å². The number of hydrogen-bond acceptors (Lipinski definition) is 2. The molecule has 1 heterocycles. The van der Waals surface area contributed by atoms with E-state index in [2.05, 4.69) is 73.7 Å². The van der Waals surface area contributed by atoms with Crippen LogP contribution in [0.15, 0.2) is 90.8 Å². The Hall–Kier alpha value is -2.87. The van der Waals surface area contributed by atoms with E-state index in [0.29, 0.717) is 0 Å². The highest BCUT2D eigenvalue weighted by molar-refractivity contribution is 5.66. The van der Waals surface area contributed by atoms with E-state index in [1.165, 1.54) is 16.7 Å². The lowest BCUT2D eigenvalue weighted by Gasteiger charge is -2.13. The Morgan fingerprint density at radius 3 is 2.37 bits per heavy atom. The van der Waals surface area contributed by atoms with E-state index < -0.39 is 0 Å². The lowest BCUT2D eigenvalue weighted by molar-refractivity contribution is 0.783. The van der Waals surface area contributed by atoms with Gasteiger partial charge in [-0.25, -0.2) is 0 Å². The number of nitrogens with zero attached hydrogens (tertiary/aromatic N) is 1. The molecule has 0 fully saturated rings. The molecular formula is C25H30N2. The molecule has 0 spiro atoms. The van der Waals surface area contributed by atoms with Crippen LogP contribution in [-0.2, 0) is 12.8 Å². The maximum atomic E-state index is 4.35. The number of allylic oxidation sites excluding steroid dienone is 4. The van der Waals surface area contributed by atoms with E-state index in [-0.39, 0.29) is 0 Å². The van der Waals surface area contributed by atoms with Crippen molar-refractivity contribution < 1.29 is 0 Å². The molecule has 140 valence electrons. The van der Waals surface area contributed by atoms with Crippen molar-refractivity contribution in [3.05, 3.63) is 108 Å². The molecule has 0 aliphatic rings. The first kappa shape index (κ1) is 20.4. The van der Waals surface area contributed by atoms with Crippen molar-refractivity contribution in [3.8, 4) is 0 Å². The first-order valence-electron chi connectivity index (χ1n) is 9.48. The van der Waals surface area contributed by atoms with Crippen LogP contribution in [0.2, 0.25) is 0 Å². The van der Waals surface area contributed by atoms with E-state index in [0.717, 1.165) is 41.9 Å². The van der Waals surface area contributed by atoms with Gasteiger partial charge in [0.25, 0.3) is 0 Å². The first-order chi connectivity index (χ1) is 13.0. The second-order valence-corrected chi connectivity index (χ2v) is 6.74. The zero-order valence-corrected chi connectivity index (χ0v) is 16.8. The summed E-state index contributed by atoms with van der Waals surface area (Å²) in [6.45, 7) is 15.4. The summed E-state index contributed by atoms with van der Waals surface area (Å²) >= 11 is 0. The van der Waals surface area contributed by atoms with Crippen LogP contribution in [-0.4, -0.2) is 11.5 Å². The van der Waals surface area contributed by atoms with Gasteiger partial charge in [-0.2, -0.15) is 0 Å². The molecule has 1 aromatic heterocycles. The Balaban J connectivity index is 2.03. The van der Waals surface area contributed by atoms with E-state index in [1.54, 1.807) is 0 Å². The number of nitrogens with one attached hydrogen (secondary N) is 1. The Labute approximate surface area is 164 Å². The molecule has 0 unspecified atom stereocenters. The number of aryl methyl sites for hydroxylation is 1. The molecule has 2 rings (SSSR count). The number of pyridine rings is 1. The van der Waals surface area contributed by atoms with Crippen LogP contribution in [0.1, 0.15) is 37.6 Å². The third kappa shape index (κ3) is 6.41. The molecule has 2 aromatic rings. The molecule has 0 bridgehead atoms. The molecule has 1 aromatic carbocycles. The summed E-state index contributed by atoms with van der Waals surface area (Å²) in [6, 6.07) is 14.7. The van der Waals surface area contributed by atoms with E-state index in [4.69, 9.17) is 0 Å². The van der Waals surface area contributed by atoms with Crippen LogP contribution in [0.4, 0.5) is 0 Å². The molecule has 0 atom stereocenters. The summed E-state index contributed by atoms with van der Waals surface area (Å²) in [6.07, 6.45) is 7.98. The third-order valence-corrected chi connectivity index (χ3v) is 4.55. The minimum Gasteiger partial charge on any atom is -0.385 e. The Kier molecular flexibility index (Phi) is 7.81. The molecule has 0 amide bonds. The van der Waals surface area contributed by atoms with Crippen molar-refractivity contribution in [3.63, 3.8) is 0 Å². The van der Waals surface area contributed by atoms with Gasteiger partial charge in [-0.1, -0.05) is 62.6 Å². The van der Waals surface area contributed by atoms with E-state index in [9.17, 15) is 0 Å². The van der Waals surface area contributed by atoms with Crippen molar-refractivity contribution >= 4 is 5.57 Å². The summed E-state index contributed by atoms with van der Waals surface area (Å²) in [5.41, 5.74) is 7.82. The molecule has 0 radical (unpaired) electrons. The predicted molar refractivity (Wildman–Crippen MR) is 117 cm³/mol. The van der Waals surface area contributed by atoms with Gasteiger partial charge in [-0.05, 0) is 60.2 Å². The average molecular weight is 359 g/mol. The number of benzene rings is 1. The van der Waals surface area contributed by atoms with Crippen molar-refractivity contribution in [1.82, 2.24) is 10.3 Å². The summed E-state index contributed by atoms with van der Waals surface area (Å²) in [4.78, 5) is 4.35. The summed E-state index contributed by atoms with van der Waals surface area (Å²) in [5, 5.41) is 3.40. The van der Waals surface area contributed by atoms with Crippen LogP contribution in [0.5, 0.6) is 0 Å². The Morgan fingerprint density at radius 1 is 1.04 bits per heavy atom. The van der Waals surface area contributed by atoms with Crippen molar-refractivity contribution in [2.45, 2.75) is 33.6 Å². The third-order valence-electron chi connectivity index (χ3n) is 4.55. The molecule has 2 nitrogen and oxygen atoms in total. The second-order valence-electron chi connectivity index (χ2n) is 6.74. The highest BCUT2D eigenvalue weighted by Crippen LogP contribution is 2.19. The molecule has 0 saturated heterocycles. The summed E-state index contributed by atoms with van der Waals surface area (Å²) in [5.74, 6) is 0. The number of hydrogen-bond donors (Lipinski definition) is 1. The van der Waals surface area contributed by atoms with Gasteiger partial charge in [0.1, 0.15) is 0 Å². The molecular weight excluding hydrogens is 328 g/mol. The normalized spacial score (nSPS) is 12.0. The predicted octanol–water partition coefficient (Wildman–Crippen LogP) is 5.90. The lowest BCUT2D eigenvalue weighted by atomic mass is 10.0. The van der Waals surface area contributed by atoms with Gasteiger partial charge in [-0.3, -0.25) is 4.98 Å². The van der Waals surface area contributed by atoms with Gasteiger partial charge in [-0.15, -0.1) is 0 Å². The topological polar surface area (TPSA) is 24.9 Å². The molecule has 0 aliphatic heterocycles. The smallest absolute Gasteiger partial charge is 0.0421 e. The van der Waals surface area contributed by atoms with Gasteiger partial charge in [0.15, 0.2) is 0 Å². The van der Waals surface area contributed by atoms with Gasteiger partial charge in [0.05, 0.1) is 0 Å².